The van der Waals surface area contributed by atoms with Crippen LogP contribution in [0.4, 0.5) is 4.79 Å². The summed E-state index contributed by atoms with van der Waals surface area (Å²) in [7, 11) is 1.27. The molecule has 0 aliphatic heterocycles. The molecule has 23 heavy (non-hydrogen) atoms. The molecule has 2 heterocycles. The Balaban J connectivity index is 1.85. The number of thiophene rings is 1. The topological polar surface area (TPSA) is 68.3 Å². The van der Waals surface area contributed by atoms with Crippen LogP contribution in [0.5, 0.6) is 0 Å². The summed E-state index contributed by atoms with van der Waals surface area (Å²) in [5, 5.41) is 3.62. The van der Waals surface area contributed by atoms with E-state index in [1.807, 2.05) is 29.6 Å². The summed E-state index contributed by atoms with van der Waals surface area (Å²) in [6.07, 6.45) is -0.645. The first kappa shape index (κ1) is 16.0. The number of methoxy groups -OCH3 is 1. The number of amides is 1. The lowest BCUT2D eigenvalue weighted by Gasteiger charge is -2.14. The zero-order valence-corrected chi connectivity index (χ0v) is 14.5. The van der Waals surface area contributed by atoms with Crippen molar-refractivity contribution in [1.29, 1.82) is 0 Å². The lowest BCUT2D eigenvalue weighted by atomic mass is 10.3. The molecule has 1 amide bonds. The van der Waals surface area contributed by atoms with E-state index >= 15 is 0 Å². The average molecular weight is 364 g/mol. The van der Waals surface area contributed by atoms with E-state index in [1.54, 1.807) is 12.1 Å². The van der Waals surface area contributed by atoms with Crippen molar-refractivity contribution >= 4 is 56.5 Å². The van der Waals surface area contributed by atoms with Crippen LogP contribution >= 0.6 is 34.4 Å². The minimum atomic E-state index is -0.776. The van der Waals surface area contributed by atoms with Gasteiger partial charge in [-0.15, -0.1) is 22.7 Å². The molecule has 0 bridgehead atoms. The second-order valence-corrected chi connectivity index (χ2v) is 7.75. The third-order valence-corrected chi connectivity index (χ3v) is 6.04. The summed E-state index contributed by atoms with van der Waals surface area (Å²) in [5.41, 5.74) is 0.875. The Kier molecular flexibility index (Phi) is 4.94. The number of Topliss-reactive ketones (excluding diaryl/α,β-unsaturated/α-hetero) is 1. The van der Waals surface area contributed by atoms with Crippen molar-refractivity contribution in [2.45, 2.75) is 9.71 Å². The highest BCUT2D eigenvalue weighted by atomic mass is 32.2. The maximum absolute atomic E-state index is 12.6. The van der Waals surface area contributed by atoms with Crippen molar-refractivity contribution in [3.05, 3.63) is 46.7 Å². The van der Waals surface area contributed by atoms with Gasteiger partial charge in [-0.05, 0) is 23.6 Å². The molecule has 3 aromatic rings. The van der Waals surface area contributed by atoms with Crippen molar-refractivity contribution in [3.63, 3.8) is 0 Å². The van der Waals surface area contributed by atoms with Gasteiger partial charge in [-0.2, -0.15) is 0 Å². The van der Waals surface area contributed by atoms with Gasteiger partial charge in [-0.3, -0.25) is 4.79 Å². The number of nitrogens with zero attached hydrogens (tertiary/aromatic N) is 1. The molecule has 1 N–H and O–H groups in total. The summed E-state index contributed by atoms with van der Waals surface area (Å²) < 4.78 is 6.37. The third-order valence-electron chi connectivity index (χ3n) is 2.93. The first-order valence-electron chi connectivity index (χ1n) is 6.62. The Morgan fingerprint density at radius 1 is 1.26 bits per heavy atom. The van der Waals surface area contributed by atoms with E-state index in [9.17, 15) is 9.59 Å². The number of rotatable bonds is 5. The van der Waals surface area contributed by atoms with Crippen molar-refractivity contribution in [1.82, 2.24) is 10.3 Å². The van der Waals surface area contributed by atoms with Gasteiger partial charge in [0.1, 0.15) is 5.37 Å². The van der Waals surface area contributed by atoms with Gasteiger partial charge in [0.25, 0.3) is 0 Å². The summed E-state index contributed by atoms with van der Waals surface area (Å²) in [6.45, 7) is 0. The number of benzene rings is 1. The molecule has 0 saturated heterocycles. The van der Waals surface area contributed by atoms with E-state index in [4.69, 9.17) is 0 Å². The Bertz CT molecular complexity index is 796. The monoisotopic (exact) mass is 364 g/mol. The average Bonchev–Trinajstić information content (AvgIpc) is 3.22. The van der Waals surface area contributed by atoms with E-state index in [1.165, 1.54) is 41.5 Å². The fraction of sp³-hybridized carbons (Fsp3) is 0.133. The van der Waals surface area contributed by atoms with E-state index in [2.05, 4.69) is 15.0 Å². The molecule has 0 aliphatic rings. The number of hydrogen-bond acceptors (Lipinski definition) is 7. The predicted molar refractivity (Wildman–Crippen MR) is 93.5 cm³/mol. The molecule has 1 unspecified atom stereocenters. The summed E-state index contributed by atoms with van der Waals surface area (Å²) in [6, 6.07) is 11.3. The molecule has 1 aromatic carbocycles. The van der Waals surface area contributed by atoms with Crippen LogP contribution in [-0.2, 0) is 4.74 Å². The Hall–Kier alpha value is -1.90. The number of para-hydroxylation sites is 1. The number of nitrogens with one attached hydrogen (secondary N) is 1. The molecular formula is C15H12N2O3S3. The molecule has 5 nitrogen and oxygen atoms in total. The molecule has 8 heteroatoms. The molecule has 1 atom stereocenters. The molecule has 0 aliphatic carbocycles. The Morgan fingerprint density at radius 3 is 2.78 bits per heavy atom. The standard InChI is InChI=1S/C15H12N2O3S3/c1-20-14(19)17-13(12(18)11-7-4-8-21-11)23-15-16-9-5-2-3-6-10(9)22-15/h2-8,13H,1H3,(H,17,19). The van der Waals surface area contributed by atoms with Crippen molar-refractivity contribution in [2.75, 3.05) is 7.11 Å². The normalized spacial score (nSPS) is 12.0. The number of ketones is 1. The highest BCUT2D eigenvalue weighted by Gasteiger charge is 2.26. The fourth-order valence-electron chi connectivity index (χ4n) is 1.86. The lowest BCUT2D eigenvalue weighted by Crippen LogP contribution is -2.38. The number of alkyl carbamates (subject to hydrolysis) is 1. The number of carbonyl (C=O) groups is 2. The van der Waals surface area contributed by atoms with E-state index in [-0.39, 0.29) is 5.78 Å². The number of ether oxygens (including phenoxy) is 1. The van der Waals surface area contributed by atoms with E-state index < -0.39 is 11.5 Å². The van der Waals surface area contributed by atoms with Crippen LogP contribution < -0.4 is 5.32 Å². The van der Waals surface area contributed by atoms with Gasteiger partial charge in [0.05, 0.1) is 22.2 Å². The third kappa shape index (κ3) is 3.72. The highest BCUT2D eigenvalue weighted by Crippen LogP contribution is 2.32. The zero-order chi connectivity index (χ0) is 16.2. The number of thiazole rings is 1. The smallest absolute Gasteiger partial charge is 0.408 e. The van der Waals surface area contributed by atoms with Crippen LogP contribution in [0.3, 0.4) is 0 Å². The van der Waals surface area contributed by atoms with Crippen molar-refractivity contribution < 1.29 is 14.3 Å². The van der Waals surface area contributed by atoms with Crippen LogP contribution in [0.15, 0.2) is 46.1 Å². The molecule has 0 spiro atoms. The molecule has 0 radical (unpaired) electrons. The first-order valence-corrected chi connectivity index (χ1v) is 9.19. The molecule has 0 saturated carbocycles. The molecule has 2 aromatic heterocycles. The van der Waals surface area contributed by atoms with Gasteiger partial charge in [-0.25, -0.2) is 9.78 Å². The second-order valence-electron chi connectivity index (χ2n) is 4.42. The van der Waals surface area contributed by atoms with Crippen LogP contribution in [0.25, 0.3) is 10.2 Å². The van der Waals surface area contributed by atoms with Crippen LogP contribution in [0.2, 0.25) is 0 Å². The Morgan fingerprint density at radius 2 is 2.09 bits per heavy atom. The van der Waals surface area contributed by atoms with Crippen molar-refractivity contribution in [3.8, 4) is 0 Å². The largest absolute Gasteiger partial charge is 0.453 e. The SMILES string of the molecule is COC(=O)NC(Sc1nc2ccccc2s1)C(=O)c1cccs1. The number of fused-ring (bicyclic) bond motifs is 1. The summed E-state index contributed by atoms with van der Waals surface area (Å²) >= 11 is 4.04. The first-order chi connectivity index (χ1) is 11.2. The van der Waals surface area contributed by atoms with E-state index in [0.717, 1.165) is 14.6 Å². The minimum Gasteiger partial charge on any atom is -0.453 e. The quantitative estimate of drug-likeness (QED) is 0.421. The number of hydrogen-bond donors (Lipinski definition) is 1. The Labute approximate surface area is 144 Å². The summed E-state index contributed by atoms with van der Waals surface area (Å²) in [5.74, 6) is -0.172. The molecule has 3 rings (SSSR count). The van der Waals surface area contributed by atoms with Crippen LogP contribution in [0.1, 0.15) is 9.67 Å². The predicted octanol–water partition coefficient (Wildman–Crippen LogP) is 4.01. The van der Waals surface area contributed by atoms with Gasteiger partial charge in [0.2, 0.25) is 5.78 Å². The second kappa shape index (κ2) is 7.12. The van der Waals surface area contributed by atoms with Gasteiger partial charge in [0, 0.05) is 0 Å². The number of aromatic nitrogens is 1. The fourth-order valence-corrected chi connectivity index (χ4v) is 4.82. The molecule has 0 fully saturated rings. The lowest BCUT2D eigenvalue weighted by molar-refractivity contribution is 0.0974. The maximum Gasteiger partial charge on any atom is 0.408 e. The van der Waals surface area contributed by atoms with Crippen molar-refractivity contribution in [2.24, 2.45) is 0 Å². The van der Waals surface area contributed by atoms with Gasteiger partial charge in [-0.1, -0.05) is 30.0 Å². The number of carbonyl (C=O) groups excluding carboxylic acids is 2. The summed E-state index contributed by atoms with van der Waals surface area (Å²) in [4.78, 5) is 29.2. The van der Waals surface area contributed by atoms with Gasteiger partial charge >= 0.3 is 6.09 Å². The molecular weight excluding hydrogens is 352 g/mol. The van der Waals surface area contributed by atoms with Crippen LogP contribution in [0, 0.1) is 0 Å². The van der Waals surface area contributed by atoms with Gasteiger partial charge < -0.3 is 10.1 Å². The van der Waals surface area contributed by atoms with Gasteiger partial charge in [0.15, 0.2) is 4.34 Å². The van der Waals surface area contributed by atoms with E-state index in [0.29, 0.717) is 4.88 Å². The highest BCUT2D eigenvalue weighted by molar-refractivity contribution is 8.02. The van der Waals surface area contributed by atoms with Crippen LogP contribution in [-0.4, -0.2) is 29.3 Å². The minimum absolute atomic E-state index is 0.172. The molecule has 118 valence electrons. The zero-order valence-electron chi connectivity index (χ0n) is 12.0. The number of thioether (sulfide) groups is 1. The maximum atomic E-state index is 12.6.